The zero-order chi connectivity index (χ0) is 23.0. The van der Waals surface area contributed by atoms with Crippen molar-refractivity contribution in [2.75, 3.05) is 6.61 Å². The topological polar surface area (TPSA) is 58.6 Å². The summed E-state index contributed by atoms with van der Waals surface area (Å²) < 4.78 is 5.89. The predicted octanol–water partition coefficient (Wildman–Crippen LogP) is 5.17. The molecule has 2 amide bonds. The first-order valence-corrected chi connectivity index (χ1v) is 11.2. The van der Waals surface area contributed by atoms with Gasteiger partial charge in [0.25, 0.3) is 5.91 Å². The van der Waals surface area contributed by atoms with Crippen molar-refractivity contribution >= 4 is 23.4 Å². The number of hydrogen-bond acceptors (Lipinski definition) is 3. The first-order chi connectivity index (χ1) is 14.7. The minimum atomic E-state index is -0.649. The van der Waals surface area contributed by atoms with Crippen LogP contribution in [0.2, 0.25) is 5.02 Å². The molecule has 5 nitrogen and oxygen atoms in total. The molecular formula is C25H33ClN2O3. The van der Waals surface area contributed by atoms with Gasteiger partial charge in [-0.2, -0.15) is 0 Å². The summed E-state index contributed by atoms with van der Waals surface area (Å²) in [6.07, 6.45) is 0.815. The Morgan fingerprint density at radius 3 is 2.42 bits per heavy atom. The van der Waals surface area contributed by atoms with E-state index in [4.69, 9.17) is 16.3 Å². The van der Waals surface area contributed by atoms with Gasteiger partial charge in [0.2, 0.25) is 5.91 Å². The van der Waals surface area contributed by atoms with E-state index in [1.165, 1.54) is 0 Å². The Bertz CT molecular complexity index is 885. The standard InChI is InChI=1S/C25H33ClN2O3/c1-6-18(4)27-25(30)19(5)28(15-20-10-9-11-21(26)14-20)24(29)16-31-23-13-8-7-12-22(23)17(2)3/h7-14,17-19H,6,15-16H2,1-5H3,(H,27,30)/t18-,19+/m1/s1. The van der Waals surface area contributed by atoms with Crippen LogP contribution in [0.15, 0.2) is 48.5 Å². The molecule has 6 heteroatoms. The summed E-state index contributed by atoms with van der Waals surface area (Å²) >= 11 is 6.12. The van der Waals surface area contributed by atoms with Crippen LogP contribution in [-0.2, 0) is 16.1 Å². The van der Waals surface area contributed by atoms with E-state index in [9.17, 15) is 9.59 Å². The summed E-state index contributed by atoms with van der Waals surface area (Å²) in [7, 11) is 0. The van der Waals surface area contributed by atoms with E-state index in [-0.39, 0.29) is 36.9 Å². The third-order valence-corrected chi connectivity index (χ3v) is 5.54. The van der Waals surface area contributed by atoms with Crippen molar-refractivity contribution < 1.29 is 14.3 Å². The fraction of sp³-hybridized carbons (Fsp3) is 0.440. The maximum absolute atomic E-state index is 13.2. The van der Waals surface area contributed by atoms with Gasteiger partial charge in [0.05, 0.1) is 0 Å². The summed E-state index contributed by atoms with van der Waals surface area (Å²) in [4.78, 5) is 27.5. The normalized spacial score (nSPS) is 12.9. The van der Waals surface area contributed by atoms with Gasteiger partial charge in [-0.05, 0) is 55.5 Å². The molecule has 1 N–H and O–H groups in total. The first kappa shape index (κ1) is 24.7. The Hall–Kier alpha value is -2.53. The van der Waals surface area contributed by atoms with Gasteiger partial charge in [-0.1, -0.05) is 62.7 Å². The molecular weight excluding hydrogens is 412 g/mol. The molecule has 0 aromatic heterocycles. The molecule has 31 heavy (non-hydrogen) atoms. The van der Waals surface area contributed by atoms with Crippen molar-refractivity contribution in [3.8, 4) is 5.75 Å². The van der Waals surface area contributed by atoms with Gasteiger partial charge in [0.15, 0.2) is 6.61 Å². The number of halogens is 1. The van der Waals surface area contributed by atoms with Gasteiger partial charge in [0.1, 0.15) is 11.8 Å². The highest BCUT2D eigenvalue weighted by Gasteiger charge is 2.27. The van der Waals surface area contributed by atoms with E-state index in [2.05, 4.69) is 19.2 Å². The zero-order valence-corrected chi connectivity index (χ0v) is 19.8. The average Bonchev–Trinajstić information content (AvgIpc) is 2.75. The highest BCUT2D eigenvalue weighted by Crippen LogP contribution is 2.26. The van der Waals surface area contributed by atoms with E-state index in [1.54, 1.807) is 24.0 Å². The smallest absolute Gasteiger partial charge is 0.261 e. The van der Waals surface area contributed by atoms with Crippen LogP contribution in [0.1, 0.15) is 58.1 Å². The van der Waals surface area contributed by atoms with Gasteiger partial charge in [-0.3, -0.25) is 9.59 Å². The largest absolute Gasteiger partial charge is 0.483 e. The lowest BCUT2D eigenvalue weighted by Gasteiger charge is -2.30. The fourth-order valence-electron chi connectivity index (χ4n) is 3.19. The molecule has 0 spiro atoms. The van der Waals surface area contributed by atoms with Gasteiger partial charge < -0.3 is 15.0 Å². The van der Waals surface area contributed by atoms with Crippen molar-refractivity contribution in [3.63, 3.8) is 0 Å². The number of benzene rings is 2. The first-order valence-electron chi connectivity index (χ1n) is 10.8. The van der Waals surface area contributed by atoms with Crippen molar-refractivity contribution in [2.24, 2.45) is 0 Å². The molecule has 0 heterocycles. The van der Waals surface area contributed by atoms with Crippen LogP contribution >= 0.6 is 11.6 Å². The van der Waals surface area contributed by atoms with E-state index >= 15 is 0 Å². The molecule has 0 unspecified atom stereocenters. The van der Waals surface area contributed by atoms with E-state index in [0.717, 1.165) is 17.5 Å². The summed E-state index contributed by atoms with van der Waals surface area (Å²) in [6.45, 7) is 9.97. The third-order valence-electron chi connectivity index (χ3n) is 5.30. The maximum atomic E-state index is 13.2. The number of carbonyl (C=O) groups excluding carboxylic acids is 2. The van der Waals surface area contributed by atoms with Gasteiger partial charge in [-0.15, -0.1) is 0 Å². The van der Waals surface area contributed by atoms with Crippen molar-refractivity contribution in [3.05, 3.63) is 64.7 Å². The Morgan fingerprint density at radius 1 is 1.06 bits per heavy atom. The molecule has 168 valence electrons. The molecule has 0 saturated heterocycles. The van der Waals surface area contributed by atoms with Crippen LogP contribution in [0.25, 0.3) is 0 Å². The monoisotopic (exact) mass is 444 g/mol. The molecule has 0 saturated carbocycles. The molecule has 2 rings (SSSR count). The summed E-state index contributed by atoms with van der Waals surface area (Å²) in [5, 5.41) is 3.55. The minimum absolute atomic E-state index is 0.0345. The van der Waals surface area contributed by atoms with Crippen molar-refractivity contribution in [1.29, 1.82) is 0 Å². The Kier molecular flexibility index (Phi) is 9.38. The second-order valence-corrected chi connectivity index (χ2v) is 8.56. The SMILES string of the molecule is CC[C@@H](C)NC(=O)[C@H](C)N(Cc1cccc(Cl)c1)C(=O)COc1ccccc1C(C)C. The molecule has 0 aliphatic heterocycles. The number of carbonyl (C=O) groups is 2. The van der Waals surface area contributed by atoms with E-state index < -0.39 is 6.04 Å². The van der Waals surface area contributed by atoms with Crippen LogP contribution in [-0.4, -0.2) is 35.4 Å². The number of para-hydroxylation sites is 1. The lowest BCUT2D eigenvalue weighted by atomic mass is 10.0. The Balaban J connectivity index is 2.20. The lowest BCUT2D eigenvalue weighted by molar-refractivity contribution is -0.142. The number of nitrogens with one attached hydrogen (secondary N) is 1. The molecule has 0 aliphatic rings. The maximum Gasteiger partial charge on any atom is 0.261 e. The van der Waals surface area contributed by atoms with Crippen LogP contribution in [0.5, 0.6) is 5.75 Å². The summed E-state index contributed by atoms with van der Waals surface area (Å²) in [6, 6.07) is 14.4. The fourth-order valence-corrected chi connectivity index (χ4v) is 3.40. The van der Waals surface area contributed by atoms with Crippen molar-refractivity contribution in [2.45, 2.75) is 65.6 Å². The molecule has 2 atom stereocenters. The van der Waals surface area contributed by atoms with E-state index in [1.807, 2.05) is 50.2 Å². The molecule has 0 radical (unpaired) electrons. The highest BCUT2D eigenvalue weighted by atomic mass is 35.5. The summed E-state index contributed by atoms with van der Waals surface area (Å²) in [5.74, 6) is 0.511. The van der Waals surface area contributed by atoms with Crippen LogP contribution in [0.4, 0.5) is 0 Å². The lowest BCUT2D eigenvalue weighted by Crippen LogP contribution is -2.50. The second-order valence-electron chi connectivity index (χ2n) is 8.13. The molecule has 0 fully saturated rings. The van der Waals surface area contributed by atoms with E-state index in [0.29, 0.717) is 10.8 Å². The van der Waals surface area contributed by atoms with Crippen molar-refractivity contribution in [1.82, 2.24) is 10.2 Å². The number of ether oxygens (including phenoxy) is 1. The van der Waals surface area contributed by atoms with Crippen LogP contribution < -0.4 is 10.1 Å². The predicted molar refractivity (Wildman–Crippen MR) is 125 cm³/mol. The van der Waals surface area contributed by atoms with Gasteiger partial charge in [0, 0.05) is 17.6 Å². The van der Waals surface area contributed by atoms with Gasteiger partial charge >= 0.3 is 0 Å². The average molecular weight is 445 g/mol. The molecule has 2 aromatic rings. The Labute approximate surface area is 190 Å². The Morgan fingerprint density at radius 2 is 1.77 bits per heavy atom. The van der Waals surface area contributed by atoms with Gasteiger partial charge in [-0.25, -0.2) is 0 Å². The minimum Gasteiger partial charge on any atom is -0.483 e. The van der Waals surface area contributed by atoms with Crippen LogP contribution in [0.3, 0.4) is 0 Å². The number of nitrogens with zero attached hydrogens (tertiary/aromatic N) is 1. The highest BCUT2D eigenvalue weighted by molar-refractivity contribution is 6.30. The molecule has 0 aliphatic carbocycles. The molecule has 0 bridgehead atoms. The number of amides is 2. The zero-order valence-electron chi connectivity index (χ0n) is 19.0. The molecule has 2 aromatic carbocycles. The number of rotatable bonds is 10. The second kappa shape index (κ2) is 11.8. The number of hydrogen-bond donors (Lipinski definition) is 1. The summed E-state index contributed by atoms with van der Waals surface area (Å²) in [5.41, 5.74) is 1.89. The quantitative estimate of drug-likeness (QED) is 0.549. The van der Waals surface area contributed by atoms with Crippen LogP contribution in [0, 0.1) is 0 Å². The third kappa shape index (κ3) is 7.28.